The van der Waals surface area contributed by atoms with Gasteiger partial charge in [-0.1, -0.05) is 23.9 Å². The van der Waals surface area contributed by atoms with Crippen molar-refractivity contribution >= 4 is 29.3 Å². The number of amides is 2. The number of rotatable bonds is 9. The van der Waals surface area contributed by atoms with Gasteiger partial charge in [0.15, 0.2) is 11.0 Å². The minimum absolute atomic E-state index is 0.109. The first-order valence-electron chi connectivity index (χ1n) is 10.7. The van der Waals surface area contributed by atoms with Gasteiger partial charge in [-0.2, -0.15) is 0 Å². The number of aryl methyl sites for hydroxylation is 2. The van der Waals surface area contributed by atoms with Crippen molar-refractivity contribution in [1.82, 2.24) is 20.1 Å². The molecule has 1 aromatic heterocycles. The molecule has 0 aliphatic heterocycles. The van der Waals surface area contributed by atoms with Gasteiger partial charge in [0.2, 0.25) is 5.91 Å². The van der Waals surface area contributed by atoms with Crippen molar-refractivity contribution in [3.8, 4) is 5.75 Å². The third-order valence-corrected chi connectivity index (χ3v) is 6.12. The summed E-state index contributed by atoms with van der Waals surface area (Å²) in [5.74, 6) is 1.21. The molecular formula is C24H29N5O3S. The van der Waals surface area contributed by atoms with E-state index >= 15 is 0 Å². The van der Waals surface area contributed by atoms with Crippen molar-refractivity contribution in [2.75, 3.05) is 18.2 Å². The van der Waals surface area contributed by atoms with E-state index in [1.807, 2.05) is 50.5 Å². The predicted octanol–water partition coefficient (Wildman–Crippen LogP) is 4.15. The molecule has 33 heavy (non-hydrogen) atoms. The Morgan fingerprint density at radius 2 is 1.85 bits per heavy atom. The lowest BCUT2D eigenvalue weighted by Crippen LogP contribution is -2.28. The number of anilines is 1. The molecule has 0 aliphatic carbocycles. The number of ether oxygens (including phenoxy) is 1. The molecule has 2 aromatic carbocycles. The van der Waals surface area contributed by atoms with Gasteiger partial charge in [0.05, 0.1) is 18.9 Å². The van der Waals surface area contributed by atoms with Crippen LogP contribution in [0.1, 0.15) is 47.2 Å². The highest BCUT2D eigenvalue weighted by molar-refractivity contribution is 7.99. The maximum Gasteiger partial charge on any atom is 0.251 e. The molecule has 8 nitrogen and oxygen atoms in total. The molecule has 174 valence electrons. The first-order chi connectivity index (χ1) is 15.8. The number of nitrogens with one attached hydrogen (secondary N) is 2. The molecule has 2 amide bonds. The van der Waals surface area contributed by atoms with Crippen LogP contribution in [0.2, 0.25) is 0 Å². The molecule has 3 rings (SSSR count). The average molecular weight is 468 g/mol. The standard InChI is InChI=1S/C24H29N5O3S/c1-6-29-22(17(4)25-23(31)18-9-11-19(32-5)12-10-18)27-28-24(29)33-14-21(30)26-20-13-15(2)7-8-16(20)3/h7-13,17H,6,14H2,1-5H3,(H,25,31)(H,26,30)/t17-/m0/s1. The van der Waals surface area contributed by atoms with E-state index in [2.05, 4.69) is 20.8 Å². The largest absolute Gasteiger partial charge is 0.497 e. The molecule has 0 saturated carbocycles. The number of methoxy groups -OCH3 is 1. The van der Waals surface area contributed by atoms with Crippen LogP contribution in [0.5, 0.6) is 5.75 Å². The average Bonchev–Trinajstić information content (AvgIpc) is 3.23. The maximum atomic E-state index is 12.6. The zero-order valence-electron chi connectivity index (χ0n) is 19.5. The molecule has 0 radical (unpaired) electrons. The Bertz CT molecular complexity index is 1130. The van der Waals surface area contributed by atoms with Crippen LogP contribution < -0.4 is 15.4 Å². The lowest BCUT2D eigenvalue weighted by Gasteiger charge is -2.15. The van der Waals surface area contributed by atoms with Gasteiger partial charge in [-0.25, -0.2) is 0 Å². The maximum absolute atomic E-state index is 12.6. The van der Waals surface area contributed by atoms with Gasteiger partial charge in [0.25, 0.3) is 5.91 Å². The van der Waals surface area contributed by atoms with Crippen LogP contribution in [0.25, 0.3) is 0 Å². The van der Waals surface area contributed by atoms with Crippen molar-refractivity contribution in [1.29, 1.82) is 0 Å². The second-order valence-electron chi connectivity index (χ2n) is 7.66. The molecule has 0 bridgehead atoms. The number of carbonyl (C=O) groups excluding carboxylic acids is 2. The summed E-state index contributed by atoms with van der Waals surface area (Å²) in [6, 6.07) is 12.5. The molecule has 0 fully saturated rings. The number of hydrogen-bond donors (Lipinski definition) is 2. The van der Waals surface area contributed by atoms with Crippen molar-refractivity contribution in [3.05, 3.63) is 65.0 Å². The van der Waals surface area contributed by atoms with E-state index in [-0.39, 0.29) is 23.6 Å². The highest BCUT2D eigenvalue weighted by atomic mass is 32.2. The minimum Gasteiger partial charge on any atom is -0.497 e. The zero-order valence-corrected chi connectivity index (χ0v) is 20.3. The zero-order chi connectivity index (χ0) is 24.0. The van der Waals surface area contributed by atoms with Crippen molar-refractivity contribution < 1.29 is 14.3 Å². The number of aromatic nitrogens is 3. The normalized spacial score (nSPS) is 11.7. The van der Waals surface area contributed by atoms with Gasteiger partial charge in [0, 0.05) is 17.8 Å². The molecule has 0 unspecified atom stereocenters. The Hall–Kier alpha value is -3.33. The fourth-order valence-electron chi connectivity index (χ4n) is 3.30. The van der Waals surface area contributed by atoms with Crippen molar-refractivity contribution in [2.45, 2.75) is 45.4 Å². The van der Waals surface area contributed by atoms with Gasteiger partial charge >= 0.3 is 0 Å². The van der Waals surface area contributed by atoms with Crippen LogP contribution in [-0.4, -0.2) is 39.4 Å². The SMILES string of the molecule is CCn1c(SCC(=O)Nc2cc(C)ccc2C)nnc1[C@H](C)NC(=O)c1ccc(OC)cc1. The summed E-state index contributed by atoms with van der Waals surface area (Å²) in [7, 11) is 1.58. The molecule has 9 heteroatoms. The first-order valence-corrected chi connectivity index (χ1v) is 11.7. The quantitative estimate of drug-likeness (QED) is 0.459. The molecule has 0 aliphatic rings. The fraction of sp³-hybridized carbons (Fsp3) is 0.333. The van der Waals surface area contributed by atoms with Crippen LogP contribution in [0, 0.1) is 13.8 Å². The third-order valence-electron chi connectivity index (χ3n) is 5.15. The van der Waals surface area contributed by atoms with E-state index in [4.69, 9.17) is 4.74 Å². The van der Waals surface area contributed by atoms with Crippen LogP contribution in [0.15, 0.2) is 47.6 Å². The van der Waals surface area contributed by atoms with E-state index < -0.39 is 0 Å². The Kier molecular flexibility index (Phi) is 8.11. The second-order valence-corrected chi connectivity index (χ2v) is 8.61. The highest BCUT2D eigenvalue weighted by Crippen LogP contribution is 2.22. The number of thioether (sulfide) groups is 1. The fourth-order valence-corrected chi connectivity index (χ4v) is 4.11. The molecule has 1 heterocycles. The van der Waals surface area contributed by atoms with E-state index in [0.717, 1.165) is 16.8 Å². The Balaban J connectivity index is 1.63. The van der Waals surface area contributed by atoms with Gasteiger partial charge in [0.1, 0.15) is 5.75 Å². The summed E-state index contributed by atoms with van der Waals surface area (Å²) in [6.45, 7) is 8.41. The van der Waals surface area contributed by atoms with Gasteiger partial charge in [-0.15, -0.1) is 10.2 Å². The van der Waals surface area contributed by atoms with E-state index in [1.165, 1.54) is 11.8 Å². The summed E-state index contributed by atoms with van der Waals surface area (Å²) in [6.07, 6.45) is 0. The Morgan fingerprint density at radius 1 is 1.12 bits per heavy atom. The molecular weight excluding hydrogens is 438 g/mol. The third kappa shape index (κ3) is 6.13. The lowest BCUT2D eigenvalue weighted by atomic mass is 10.1. The Morgan fingerprint density at radius 3 is 2.52 bits per heavy atom. The number of hydrogen-bond acceptors (Lipinski definition) is 6. The molecule has 0 spiro atoms. The summed E-state index contributed by atoms with van der Waals surface area (Å²) in [4.78, 5) is 25.1. The van der Waals surface area contributed by atoms with Crippen molar-refractivity contribution in [3.63, 3.8) is 0 Å². The number of benzene rings is 2. The molecule has 1 atom stereocenters. The van der Waals surface area contributed by atoms with Crippen molar-refractivity contribution in [2.24, 2.45) is 0 Å². The molecule has 0 saturated heterocycles. The number of carbonyl (C=O) groups is 2. The van der Waals surface area contributed by atoms with Crippen LogP contribution in [0.4, 0.5) is 5.69 Å². The summed E-state index contributed by atoms with van der Waals surface area (Å²) >= 11 is 1.32. The first kappa shape index (κ1) is 24.3. The van der Waals surface area contributed by atoms with E-state index in [9.17, 15) is 9.59 Å². The van der Waals surface area contributed by atoms with Gasteiger partial charge in [-0.05, 0) is 69.2 Å². The van der Waals surface area contributed by atoms with E-state index in [0.29, 0.717) is 28.8 Å². The topological polar surface area (TPSA) is 98.1 Å². The monoisotopic (exact) mass is 467 g/mol. The molecule has 2 N–H and O–H groups in total. The highest BCUT2D eigenvalue weighted by Gasteiger charge is 2.20. The minimum atomic E-state index is -0.356. The summed E-state index contributed by atoms with van der Waals surface area (Å²) in [5, 5.41) is 15.1. The number of nitrogens with zero attached hydrogens (tertiary/aromatic N) is 3. The summed E-state index contributed by atoms with van der Waals surface area (Å²) in [5.41, 5.74) is 3.44. The van der Waals surface area contributed by atoms with Crippen LogP contribution in [0.3, 0.4) is 0 Å². The van der Waals surface area contributed by atoms with Crippen LogP contribution >= 0.6 is 11.8 Å². The van der Waals surface area contributed by atoms with Gasteiger partial charge in [-0.3, -0.25) is 9.59 Å². The summed E-state index contributed by atoms with van der Waals surface area (Å²) < 4.78 is 7.04. The van der Waals surface area contributed by atoms with Gasteiger partial charge < -0.3 is 19.9 Å². The Labute approximate surface area is 198 Å². The van der Waals surface area contributed by atoms with Crippen LogP contribution in [-0.2, 0) is 11.3 Å². The molecule has 3 aromatic rings. The lowest BCUT2D eigenvalue weighted by molar-refractivity contribution is -0.113. The van der Waals surface area contributed by atoms with E-state index in [1.54, 1.807) is 31.4 Å². The smallest absolute Gasteiger partial charge is 0.251 e. The predicted molar refractivity (Wildman–Crippen MR) is 130 cm³/mol. The second kappa shape index (κ2) is 11.0.